The standard InChI is InChI=1S/C28H38N4S/c1-6-32-22(9-14-29-32)18-31-15-10-20(11-16-31)26-30-25(19-33-26)21-7-8-23-24(17-21)28(4,5)13-12-27(23,2)3/h7-9,14,17,19-20H,6,10-13,15-16,18H2,1-5H3. The fraction of sp³-hybridized carbons (Fsp3) is 0.571. The SMILES string of the molecule is CCn1nccc1CN1CCC(c2nc(-c3ccc4c(c3)C(C)(C)CCC4(C)C)cs2)CC1. The van der Waals surface area contributed by atoms with Gasteiger partial charge in [0.25, 0.3) is 0 Å². The molecule has 0 amide bonds. The molecule has 0 saturated carbocycles. The zero-order valence-electron chi connectivity index (χ0n) is 20.9. The molecule has 1 aromatic carbocycles. The van der Waals surface area contributed by atoms with E-state index in [0.29, 0.717) is 5.92 Å². The highest BCUT2D eigenvalue weighted by atomic mass is 32.1. The molecule has 0 atom stereocenters. The zero-order chi connectivity index (χ0) is 23.2. The average Bonchev–Trinajstić information content (AvgIpc) is 3.47. The third-order valence-corrected chi connectivity index (χ3v) is 9.10. The van der Waals surface area contributed by atoms with Gasteiger partial charge in [0.2, 0.25) is 0 Å². The maximum atomic E-state index is 5.15. The number of likely N-dealkylation sites (tertiary alicyclic amines) is 1. The third-order valence-electron chi connectivity index (χ3n) is 8.10. The van der Waals surface area contributed by atoms with Crippen LogP contribution in [0.5, 0.6) is 0 Å². The van der Waals surface area contributed by atoms with Crippen LogP contribution in [0.25, 0.3) is 11.3 Å². The van der Waals surface area contributed by atoms with E-state index >= 15 is 0 Å². The molecule has 5 heteroatoms. The van der Waals surface area contributed by atoms with E-state index in [1.807, 2.05) is 17.5 Å². The second kappa shape index (κ2) is 8.66. The molecule has 2 aromatic heterocycles. The summed E-state index contributed by atoms with van der Waals surface area (Å²) in [6.45, 7) is 16.0. The van der Waals surface area contributed by atoms with E-state index in [4.69, 9.17) is 4.98 Å². The molecular formula is C28H38N4S. The highest BCUT2D eigenvalue weighted by Gasteiger charge is 2.37. The Morgan fingerprint density at radius 3 is 2.45 bits per heavy atom. The number of piperidine rings is 1. The first-order valence-electron chi connectivity index (χ1n) is 12.6. The van der Waals surface area contributed by atoms with Gasteiger partial charge in [0.15, 0.2) is 0 Å². The van der Waals surface area contributed by atoms with Crippen molar-refractivity contribution >= 4 is 11.3 Å². The average molecular weight is 463 g/mol. The van der Waals surface area contributed by atoms with Crippen LogP contribution in [0, 0.1) is 0 Å². The Kier molecular flexibility index (Phi) is 5.98. The van der Waals surface area contributed by atoms with Crippen LogP contribution in [0.4, 0.5) is 0 Å². The van der Waals surface area contributed by atoms with Crippen LogP contribution < -0.4 is 0 Å². The van der Waals surface area contributed by atoms with Gasteiger partial charge in [0.05, 0.1) is 16.4 Å². The van der Waals surface area contributed by atoms with E-state index < -0.39 is 0 Å². The molecule has 0 bridgehead atoms. The van der Waals surface area contributed by atoms with Gasteiger partial charge in [-0.05, 0) is 79.8 Å². The van der Waals surface area contributed by atoms with Gasteiger partial charge in [-0.1, -0.05) is 39.8 Å². The Labute approximate surface area is 203 Å². The minimum atomic E-state index is 0.236. The molecule has 3 heterocycles. The Bertz CT molecular complexity index is 1110. The summed E-state index contributed by atoms with van der Waals surface area (Å²) in [5.41, 5.74) is 7.31. The number of thiazole rings is 1. The third kappa shape index (κ3) is 4.42. The van der Waals surface area contributed by atoms with Crippen molar-refractivity contribution in [2.24, 2.45) is 0 Å². The second-order valence-corrected chi connectivity index (χ2v) is 12.2. The molecule has 1 saturated heterocycles. The van der Waals surface area contributed by atoms with Crippen molar-refractivity contribution in [3.8, 4) is 11.3 Å². The van der Waals surface area contributed by atoms with Crippen molar-refractivity contribution in [2.75, 3.05) is 13.1 Å². The monoisotopic (exact) mass is 462 g/mol. The molecule has 4 nitrogen and oxygen atoms in total. The van der Waals surface area contributed by atoms with Crippen LogP contribution in [-0.4, -0.2) is 32.8 Å². The molecule has 1 aliphatic heterocycles. The van der Waals surface area contributed by atoms with Crippen LogP contribution in [-0.2, 0) is 23.9 Å². The molecule has 0 radical (unpaired) electrons. The summed E-state index contributed by atoms with van der Waals surface area (Å²) in [4.78, 5) is 7.72. The van der Waals surface area contributed by atoms with Crippen molar-refractivity contribution in [2.45, 2.75) is 90.1 Å². The quantitative estimate of drug-likeness (QED) is 0.420. The van der Waals surface area contributed by atoms with Gasteiger partial charge >= 0.3 is 0 Å². The summed E-state index contributed by atoms with van der Waals surface area (Å²) in [5.74, 6) is 0.587. The molecular weight excluding hydrogens is 424 g/mol. The highest BCUT2D eigenvalue weighted by Crippen LogP contribution is 2.47. The molecule has 1 aliphatic carbocycles. The van der Waals surface area contributed by atoms with E-state index in [1.165, 1.54) is 53.1 Å². The molecule has 0 unspecified atom stereocenters. The van der Waals surface area contributed by atoms with E-state index in [-0.39, 0.29) is 10.8 Å². The largest absolute Gasteiger partial charge is 0.297 e. The van der Waals surface area contributed by atoms with Gasteiger partial charge < -0.3 is 0 Å². The number of fused-ring (bicyclic) bond motifs is 1. The van der Waals surface area contributed by atoms with Crippen LogP contribution in [0.1, 0.15) is 88.0 Å². The van der Waals surface area contributed by atoms with Crippen molar-refractivity contribution in [1.29, 1.82) is 0 Å². The highest BCUT2D eigenvalue weighted by molar-refractivity contribution is 7.10. The lowest BCUT2D eigenvalue weighted by Crippen LogP contribution is -2.33. The minimum absolute atomic E-state index is 0.236. The zero-order valence-corrected chi connectivity index (χ0v) is 21.7. The van der Waals surface area contributed by atoms with Gasteiger partial charge in [0, 0.05) is 36.1 Å². The van der Waals surface area contributed by atoms with Gasteiger partial charge in [-0.2, -0.15) is 5.10 Å². The van der Waals surface area contributed by atoms with Gasteiger partial charge in [-0.3, -0.25) is 9.58 Å². The second-order valence-electron chi connectivity index (χ2n) is 11.3. The van der Waals surface area contributed by atoms with Crippen LogP contribution >= 0.6 is 11.3 Å². The number of aryl methyl sites for hydroxylation is 1. The summed E-state index contributed by atoms with van der Waals surface area (Å²) < 4.78 is 2.11. The summed E-state index contributed by atoms with van der Waals surface area (Å²) in [5, 5.41) is 8.02. The number of rotatable bonds is 5. The number of hydrogen-bond donors (Lipinski definition) is 0. The molecule has 0 spiro atoms. The first kappa shape index (κ1) is 22.8. The maximum Gasteiger partial charge on any atom is 0.0964 e. The van der Waals surface area contributed by atoms with E-state index in [1.54, 1.807) is 0 Å². The summed E-state index contributed by atoms with van der Waals surface area (Å²) in [6, 6.07) is 9.28. The topological polar surface area (TPSA) is 34.0 Å². The Morgan fingerprint density at radius 2 is 1.73 bits per heavy atom. The molecule has 176 valence electrons. The molecule has 0 N–H and O–H groups in total. The summed E-state index contributed by atoms with van der Waals surface area (Å²) in [7, 11) is 0. The molecule has 5 rings (SSSR count). The molecule has 2 aliphatic rings. The van der Waals surface area contributed by atoms with E-state index in [2.05, 4.69) is 78.9 Å². The lowest BCUT2D eigenvalue weighted by Gasteiger charge is -2.42. The van der Waals surface area contributed by atoms with Gasteiger partial charge in [-0.25, -0.2) is 4.98 Å². The normalized spacial score (nSPS) is 20.6. The van der Waals surface area contributed by atoms with Crippen LogP contribution in [0.15, 0.2) is 35.8 Å². The summed E-state index contributed by atoms with van der Waals surface area (Å²) >= 11 is 1.86. The van der Waals surface area contributed by atoms with Gasteiger partial charge in [0.1, 0.15) is 0 Å². The molecule has 33 heavy (non-hydrogen) atoms. The Hall–Kier alpha value is -1.98. The summed E-state index contributed by atoms with van der Waals surface area (Å²) in [6.07, 6.45) is 6.81. The van der Waals surface area contributed by atoms with Crippen molar-refractivity contribution in [1.82, 2.24) is 19.7 Å². The fourth-order valence-corrected chi connectivity index (χ4v) is 6.70. The molecule has 3 aromatic rings. The molecule has 1 fully saturated rings. The van der Waals surface area contributed by atoms with E-state index in [0.717, 1.165) is 31.9 Å². The maximum absolute atomic E-state index is 5.15. The first-order chi connectivity index (χ1) is 15.8. The van der Waals surface area contributed by atoms with Crippen molar-refractivity contribution in [3.05, 3.63) is 57.7 Å². The first-order valence-corrected chi connectivity index (χ1v) is 13.5. The minimum Gasteiger partial charge on any atom is -0.297 e. The number of nitrogens with zero attached hydrogens (tertiary/aromatic N) is 4. The van der Waals surface area contributed by atoms with Gasteiger partial charge in [-0.15, -0.1) is 11.3 Å². The Balaban J connectivity index is 1.29. The van der Waals surface area contributed by atoms with Crippen molar-refractivity contribution in [3.63, 3.8) is 0 Å². The van der Waals surface area contributed by atoms with E-state index in [9.17, 15) is 0 Å². The predicted molar refractivity (Wildman–Crippen MR) is 138 cm³/mol. The lowest BCUT2D eigenvalue weighted by atomic mass is 9.63. The Morgan fingerprint density at radius 1 is 1.00 bits per heavy atom. The number of hydrogen-bond acceptors (Lipinski definition) is 4. The van der Waals surface area contributed by atoms with Crippen LogP contribution in [0.2, 0.25) is 0 Å². The van der Waals surface area contributed by atoms with Crippen molar-refractivity contribution < 1.29 is 0 Å². The number of aromatic nitrogens is 3. The smallest absolute Gasteiger partial charge is 0.0964 e. The number of benzene rings is 1. The van der Waals surface area contributed by atoms with Crippen LogP contribution in [0.3, 0.4) is 0 Å². The predicted octanol–water partition coefficient (Wildman–Crippen LogP) is 6.76. The lowest BCUT2D eigenvalue weighted by molar-refractivity contribution is 0.199. The fourth-order valence-electron chi connectivity index (χ4n) is 5.70.